The summed E-state index contributed by atoms with van der Waals surface area (Å²) in [6, 6.07) is 7.25. The number of hydrogen-bond donors (Lipinski definition) is 3. The van der Waals surface area contributed by atoms with Gasteiger partial charge in [0.1, 0.15) is 0 Å². The molecule has 0 radical (unpaired) electrons. The Morgan fingerprint density at radius 3 is 2.29 bits per heavy atom. The lowest BCUT2D eigenvalue weighted by atomic mass is 9.71. The maximum absolute atomic E-state index is 12.1. The zero-order valence-corrected chi connectivity index (χ0v) is 13.0. The van der Waals surface area contributed by atoms with E-state index in [0.717, 1.165) is 31.2 Å². The van der Waals surface area contributed by atoms with Crippen molar-refractivity contribution in [3.8, 4) is 0 Å². The fourth-order valence-corrected chi connectivity index (χ4v) is 2.71. The number of rotatable bonds is 4. The Balaban J connectivity index is 1.88. The van der Waals surface area contributed by atoms with E-state index in [9.17, 15) is 9.90 Å². The van der Waals surface area contributed by atoms with Crippen LogP contribution in [0.4, 0.5) is 0 Å². The molecular weight excluding hydrogens is 264 g/mol. The molecule has 0 atom stereocenters. The molecule has 0 aromatic heterocycles. The summed E-state index contributed by atoms with van der Waals surface area (Å²) >= 11 is 0. The van der Waals surface area contributed by atoms with Gasteiger partial charge in [0, 0.05) is 18.7 Å². The molecular formula is C17H26N2O2. The van der Waals surface area contributed by atoms with Gasteiger partial charge in [-0.3, -0.25) is 4.79 Å². The van der Waals surface area contributed by atoms with Gasteiger partial charge in [0.25, 0.3) is 5.91 Å². The number of carbonyl (C=O) groups excluding carboxylic acids is 1. The first-order valence-electron chi connectivity index (χ1n) is 7.63. The third-order valence-corrected chi connectivity index (χ3v) is 4.56. The Bertz CT molecular complexity index is 484. The Kier molecular flexibility index (Phi) is 4.69. The number of hydrogen-bond acceptors (Lipinski definition) is 3. The van der Waals surface area contributed by atoms with Gasteiger partial charge < -0.3 is 16.2 Å². The summed E-state index contributed by atoms with van der Waals surface area (Å²) in [5.74, 6) is -0.142. The van der Waals surface area contributed by atoms with Crippen LogP contribution in [0.25, 0.3) is 0 Å². The van der Waals surface area contributed by atoms with E-state index in [4.69, 9.17) is 5.73 Å². The van der Waals surface area contributed by atoms with E-state index >= 15 is 0 Å². The lowest BCUT2D eigenvalue weighted by Gasteiger charge is -2.40. The Hall–Kier alpha value is -1.39. The highest BCUT2D eigenvalue weighted by atomic mass is 16.3. The lowest BCUT2D eigenvalue weighted by Crippen LogP contribution is -2.46. The van der Waals surface area contributed by atoms with Gasteiger partial charge in [0.15, 0.2) is 0 Å². The molecule has 0 aliphatic heterocycles. The quantitative estimate of drug-likeness (QED) is 0.796. The van der Waals surface area contributed by atoms with Crippen LogP contribution in [0.15, 0.2) is 24.3 Å². The van der Waals surface area contributed by atoms with Gasteiger partial charge in [-0.1, -0.05) is 26.0 Å². The molecule has 1 aromatic carbocycles. The fourth-order valence-electron chi connectivity index (χ4n) is 2.71. The second-order valence-corrected chi connectivity index (χ2v) is 6.97. The minimum Gasteiger partial charge on any atom is -0.388 e. The Morgan fingerprint density at radius 2 is 1.76 bits per heavy atom. The molecule has 0 heterocycles. The summed E-state index contributed by atoms with van der Waals surface area (Å²) in [5, 5.41) is 13.4. The van der Waals surface area contributed by atoms with Crippen molar-refractivity contribution in [2.24, 2.45) is 11.1 Å². The minimum atomic E-state index is -0.762. The average Bonchev–Trinajstić information content (AvgIpc) is 2.49. The molecule has 116 valence electrons. The number of aliphatic hydroxyl groups is 1. The van der Waals surface area contributed by atoms with Gasteiger partial charge in [0.05, 0.1) is 5.60 Å². The zero-order chi connectivity index (χ0) is 15.5. The highest BCUT2D eigenvalue weighted by Gasteiger charge is 2.36. The van der Waals surface area contributed by atoms with Gasteiger partial charge >= 0.3 is 0 Å². The second kappa shape index (κ2) is 6.16. The molecule has 4 heteroatoms. The molecule has 4 nitrogen and oxygen atoms in total. The summed E-state index contributed by atoms with van der Waals surface area (Å²) in [4.78, 5) is 12.1. The number of carbonyl (C=O) groups is 1. The molecule has 1 fully saturated rings. The van der Waals surface area contributed by atoms with Crippen molar-refractivity contribution in [3.63, 3.8) is 0 Å². The third kappa shape index (κ3) is 4.29. The van der Waals surface area contributed by atoms with E-state index in [-0.39, 0.29) is 5.91 Å². The maximum Gasteiger partial charge on any atom is 0.251 e. The van der Waals surface area contributed by atoms with Gasteiger partial charge in [0.2, 0.25) is 0 Å². The van der Waals surface area contributed by atoms with Gasteiger partial charge in [-0.2, -0.15) is 0 Å². The van der Waals surface area contributed by atoms with Gasteiger partial charge in [-0.25, -0.2) is 0 Å². The minimum absolute atomic E-state index is 0.142. The van der Waals surface area contributed by atoms with Gasteiger partial charge in [-0.05, 0) is 48.8 Å². The van der Waals surface area contributed by atoms with E-state index in [2.05, 4.69) is 19.2 Å². The summed E-state index contributed by atoms with van der Waals surface area (Å²) in [6.45, 7) is 5.24. The molecule has 21 heavy (non-hydrogen) atoms. The van der Waals surface area contributed by atoms with E-state index < -0.39 is 5.60 Å². The van der Waals surface area contributed by atoms with Crippen LogP contribution >= 0.6 is 0 Å². The summed E-state index contributed by atoms with van der Waals surface area (Å²) in [6.07, 6.45) is 3.47. The number of amides is 1. The molecule has 1 aliphatic carbocycles. The summed E-state index contributed by atoms with van der Waals surface area (Å²) in [7, 11) is 0. The number of nitrogens with one attached hydrogen (secondary N) is 1. The standard InChI is InChI=1S/C17H26N2O2/c1-16(2)7-9-17(21,10-8-16)12-19-15(20)14-5-3-13(11-18)4-6-14/h3-6,21H,7-12,18H2,1-2H3,(H,19,20). The van der Waals surface area contributed by atoms with Gasteiger partial charge in [-0.15, -0.1) is 0 Å². The van der Waals surface area contributed by atoms with Crippen LogP contribution in [0, 0.1) is 5.41 Å². The predicted octanol–water partition coefficient (Wildman–Crippen LogP) is 2.21. The maximum atomic E-state index is 12.1. The monoisotopic (exact) mass is 290 g/mol. The highest BCUT2D eigenvalue weighted by molar-refractivity contribution is 5.94. The van der Waals surface area contributed by atoms with Crippen LogP contribution in [0.5, 0.6) is 0 Å². The highest BCUT2D eigenvalue weighted by Crippen LogP contribution is 2.39. The number of benzene rings is 1. The first kappa shape index (κ1) is 16.0. The topological polar surface area (TPSA) is 75.3 Å². The first-order valence-corrected chi connectivity index (χ1v) is 7.63. The van der Waals surface area contributed by atoms with E-state index in [1.54, 1.807) is 12.1 Å². The van der Waals surface area contributed by atoms with Crippen molar-refractivity contribution < 1.29 is 9.90 Å². The van der Waals surface area contributed by atoms with E-state index in [0.29, 0.717) is 24.1 Å². The molecule has 1 saturated carbocycles. The molecule has 1 amide bonds. The Labute approximate surface area is 126 Å². The molecule has 0 bridgehead atoms. The van der Waals surface area contributed by atoms with Crippen LogP contribution in [-0.4, -0.2) is 23.2 Å². The van der Waals surface area contributed by atoms with Crippen molar-refractivity contribution in [1.82, 2.24) is 5.32 Å². The smallest absolute Gasteiger partial charge is 0.251 e. The molecule has 0 saturated heterocycles. The fraction of sp³-hybridized carbons (Fsp3) is 0.588. The average molecular weight is 290 g/mol. The zero-order valence-electron chi connectivity index (χ0n) is 13.0. The summed E-state index contributed by atoms with van der Waals surface area (Å²) in [5.41, 5.74) is 6.68. The van der Waals surface area contributed by atoms with Crippen molar-refractivity contribution in [3.05, 3.63) is 35.4 Å². The molecule has 1 aromatic rings. The second-order valence-electron chi connectivity index (χ2n) is 6.97. The normalized spacial score (nSPS) is 20.0. The SMILES string of the molecule is CC1(C)CCC(O)(CNC(=O)c2ccc(CN)cc2)CC1. The van der Waals surface area contributed by atoms with Crippen LogP contribution in [-0.2, 0) is 6.54 Å². The van der Waals surface area contributed by atoms with Crippen LogP contribution < -0.4 is 11.1 Å². The first-order chi connectivity index (χ1) is 9.84. The molecule has 4 N–H and O–H groups in total. The lowest BCUT2D eigenvalue weighted by molar-refractivity contribution is -0.0233. The van der Waals surface area contributed by atoms with E-state index in [1.165, 1.54) is 0 Å². The van der Waals surface area contributed by atoms with Crippen molar-refractivity contribution in [2.45, 2.75) is 51.7 Å². The third-order valence-electron chi connectivity index (χ3n) is 4.56. The van der Waals surface area contributed by atoms with Crippen LogP contribution in [0.3, 0.4) is 0 Å². The van der Waals surface area contributed by atoms with Crippen LogP contribution in [0.2, 0.25) is 0 Å². The van der Waals surface area contributed by atoms with Crippen molar-refractivity contribution >= 4 is 5.91 Å². The molecule has 1 aliphatic rings. The van der Waals surface area contributed by atoms with Crippen molar-refractivity contribution in [2.75, 3.05) is 6.54 Å². The predicted molar refractivity (Wildman–Crippen MR) is 83.9 cm³/mol. The summed E-state index contributed by atoms with van der Waals surface area (Å²) < 4.78 is 0. The number of nitrogens with two attached hydrogens (primary N) is 1. The molecule has 0 spiro atoms. The van der Waals surface area contributed by atoms with Crippen molar-refractivity contribution in [1.29, 1.82) is 0 Å². The molecule has 2 rings (SSSR count). The Morgan fingerprint density at radius 1 is 1.19 bits per heavy atom. The molecule has 0 unspecified atom stereocenters. The van der Waals surface area contributed by atoms with E-state index in [1.807, 2.05) is 12.1 Å². The largest absolute Gasteiger partial charge is 0.388 e. The van der Waals surface area contributed by atoms with Crippen LogP contribution in [0.1, 0.15) is 55.5 Å².